The summed E-state index contributed by atoms with van der Waals surface area (Å²) < 4.78 is 16.0. The lowest BCUT2D eigenvalue weighted by molar-refractivity contribution is -0.145. The van der Waals surface area contributed by atoms with Gasteiger partial charge in [-0.15, -0.1) is 0 Å². The van der Waals surface area contributed by atoms with Crippen molar-refractivity contribution in [1.29, 1.82) is 0 Å². The minimum Gasteiger partial charge on any atom is -0.496 e. The van der Waals surface area contributed by atoms with E-state index in [1.807, 2.05) is 51.1 Å². The van der Waals surface area contributed by atoms with Crippen molar-refractivity contribution in [3.05, 3.63) is 64.7 Å². The predicted octanol–water partition coefficient (Wildman–Crippen LogP) is 4.21. The highest BCUT2D eigenvalue weighted by Crippen LogP contribution is 2.44. The van der Waals surface area contributed by atoms with Gasteiger partial charge < -0.3 is 14.2 Å². The summed E-state index contributed by atoms with van der Waals surface area (Å²) in [7, 11) is 1.62. The Balaban J connectivity index is 1.92. The molecule has 1 heterocycles. The van der Waals surface area contributed by atoms with Gasteiger partial charge in [-0.2, -0.15) is 0 Å². The molecule has 6 nitrogen and oxygen atoms in total. The van der Waals surface area contributed by atoms with Gasteiger partial charge in [0.2, 0.25) is 0 Å². The highest BCUT2D eigenvalue weighted by atomic mass is 16.6. The molecule has 1 amide bonds. The van der Waals surface area contributed by atoms with Crippen LogP contribution in [0.1, 0.15) is 35.2 Å². The number of β-lactam (4-membered cyclic amide) rings is 1. The first-order valence-corrected chi connectivity index (χ1v) is 9.85. The van der Waals surface area contributed by atoms with Crippen LogP contribution in [0.15, 0.2) is 42.5 Å². The number of methoxy groups -OCH3 is 1. The number of aryl methyl sites for hydroxylation is 2. The maximum Gasteiger partial charge on any atom is 0.344 e. The van der Waals surface area contributed by atoms with E-state index in [1.54, 1.807) is 18.9 Å². The second kappa shape index (κ2) is 8.61. The van der Waals surface area contributed by atoms with Crippen molar-refractivity contribution in [3.63, 3.8) is 0 Å². The SMILES string of the molecule is C=C1C(=O)N(c2cc(C)c(C)c(OC)c2)[C@H]1c1ccc(C)c(OCC(=O)OCC)c1. The molecule has 3 rings (SSSR count). The largest absolute Gasteiger partial charge is 0.496 e. The van der Waals surface area contributed by atoms with Gasteiger partial charge in [0.05, 0.1) is 19.8 Å². The number of benzene rings is 2. The molecule has 158 valence electrons. The predicted molar refractivity (Wildman–Crippen MR) is 115 cm³/mol. The third-order valence-electron chi connectivity index (χ3n) is 5.36. The highest BCUT2D eigenvalue weighted by molar-refractivity contribution is 6.15. The Morgan fingerprint density at radius 3 is 2.50 bits per heavy atom. The van der Waals surface area contributed by atoms with Gasteiger partial charge in [0, 0.05) is 17.3 Å². The van der Waals surface area contributed by atoms with Crippen molar-refractivity contribution in [3.8, 4) is 11.5 Å². The third kappa shape index (κ3) is 3.90. The summed E-state index contributed by atoms with van der Waals surface area (Å²) in [6.07, 6.45) is 0. The summed E-state index contributed by atoms with van der Waals surface area (Å²) >= 11 is 0. The summed E-state index contributed by atoms with van der Waals surface area (Å²) in [5.41, 5.74) is 5.09. The number of anilines is 1. The molecule has 2 aromatic rings. The van der Waals surface area contributed by atoms with E-state index in [4.69, 9.17) is 14.2 Å². The Morgan fingerprint density at radius 1 is 1.10 bits per heavy atom. The van der Waals surface area contributed by atoms with Crippen LogP contribution in [0.2, 0.25) is 0 Å². The Kier molecular flexibility index (Phi) is 6.15. The summed E-state index contributed by atoms with van der Waals surface area (Å²) in [5.74, 6) is 0.760. The fraction of sp³-hybridized carbons (Fsp3) is 0.333. The second-order valence-corrected chi connectivity index (χ2v) is 7.31. The average molecular weight is 409 g/mol. The zero-order valence-electron chi connectivity index (χ0n) is 18.1. The quantitative estimate of drug-likeness (QED) is 0.389. The van der Waals surface area contributed by atoms with Gasteiger partial charge in [0.25, 0.3) is 5.91 Å². The van der Waals surface area contributed by atoms with Crippen LogP contribution in [0.3, 0.4) is 0 Å². The van der Waals surface area contributed by atoms with E-state index in [1.165, 1.54) is 0 Å². The van der Waals surface area contributed by atoms with Gasteiger partial charge >= 0.3 is 5.97 Å². The van der Waals surface area contributed by atoms with Crippen LogP contribution in [0.5, 0.6) is 11.5 Å². The lowest BCUT2D eigenvalue weighted by Gasteiger charge is -2.43. The van der Waals surface area contributed by atoms with Crippen LogP contribution in [-0.4, -0.2) is 32.2 Å². The van der Waals surface area contributed by atoms with Crippen molar-refractivity contribution >= 4 is 17.6 Å². The third-order valence-corrected chi connectivity index (χ3v) is 5.36. The standard InChI is InChI=1S/C24H27NO5/c1-7-29-22(26)13-30-20-11-18(9-8-14(20)2)23-17(5)24(27)25(23)19-10-15(3)16(4)21(12-19)28-6/h8-12,23H,5,7,13H2,1-4,6H3/t23-/m1/s1. The maximum atomic E-state index is 12.7. The zero-order chi connectivity index (χ0) is 22.0. The van der Waals surface area contributed by atoms with Crippen LogP contribution < -0.4 is 14.4 Å². The smallest absolute Gasteiger partial charge is 0.344 e. The van der Waals surface area contributed by atoms with E-state index in [0.717, 1.165) is 33.7 Å². The molecule has 1 saturated heterocycles. The molecule has 0 bridgehead atoms. The molecule has 0 saturated carbocycles. The number of nitrogens with zero attached hydrogens (tertiary/aromatic N) is 1. The van der Waals surface area contributed by atoms with Crippen molar-refractivity contribution in [2.75, 3.05) is 25.2 Å². The Hall–Kier alpha value is -3.28. The fourth-order valence-electron chi connectivity index (χ4n) is 3.54. The number of hydrogen-bond acceptors (Lipinski definition) is 5. The molecule has 0 spiro atoms. The average Bonchev–Trinajstić information content (AvgIpc) is 2.73. The molecule has 0 radical (unpaired) electrons. The van der Waals surface area contributed by atoms with Gasteiger partial charge in [-0.25, -0.2) is 4.79 Å². The molecule has 30 heavy (non-hydrogen) atoms. The Labute approximate surface area is 177 Å². The number of rotatable bonds is 7. The lowest BCUT2D eigenvalue weighted by Crippen LogP contribution is -2.48. The minimum atomic E-state index is -0.422. The Morgan fingerprint density at radius 2 is 1.83 bits per heavy atom. The van der Waals surface area contributed by atoms with Crippen molar-refractivity contribution < 1.29 is 23.8 Å². The van der Waals surface area contributed by atoms with Gasteiger partial charge in [-0.1, -0.05) is 18.7 Å². The summed E-state index contributed by atoms with van der Waals surface area (Å²) in [5, 5.41) is 0. The van der Waals surface area contributed by atoms with E-state index in [2.05, 4.69) is 6.58 Å². The number of carbonyl (C=O) groups excluding carboxylic acids is 2. The first-order valence-electron chi connectivity index (χ1n) is 9.85. The normalized spacial score (nSPS) is 15.6. The molecule has 2 aromatic carbocycles. The van der Waals surface area contributed by atoms with Crippen molar-refractivity contribution in [1.82, 2.24) is 0 Å². The number of carbonyl (C=O) groups is 2. The number of esters is 1. The second-order valence-electron chi connectivity index (χ2n) is 7.31. The molecule has 1 fully saturated rings. The van der Waals surface area contributed by atoms with Gasteiger partial charge in [-0.3, -0.25) is 9.69 Å². The van der Waals surface area contributed by atoms with Crippen molar-refractivity contribution in [2.24, 2.45) is 0 Å². The molecule has 0 aromatic heterocycles. The lowest BCUT2D eigenvalue weighted by atomic mass is 9.87. The number of hydrogen-bond donors (Lipinski definition) is 0. The van der Waals surface area contributed by atoms with E-state index in [-0.39, 0.29) is 18.6 Å². The zero-order valence-corrected chi connectivity index (χ0v) is 18.1. The fourth-order valence-corrected chi connectivity index (χ4v) is 3.54. The molecule has 1 atom stereocenters. The first-order chi connectivity index (χ1) is 14.3. The van der Waals surface area contributed by atoms with Crippen LogP contribution in [0.25, 0.3) is 0 Å². The van der Waals surface area contributed by atoms with Crippen molar-refractivity contribution in [2.45, 2.75) is 33.7 Å². The number of amides is 1. The molecule has 1 aliphatic rings. The van der Waals surface area contributed by atoms with E-state index >= 15 is 0 Å². The molecule has 0 N–H and O–H groups in total. The van der Waals surface area contributed by atoms with Gasteiger partial charge in [-0.05, 0) is 62.1 Å². The molecule has 0 aliphatic carbocycles. The van der Waals surface area contributed by atoms with Gasteiger partial charge in [0.15, 0.2) is 6.61 Å². The first kappa shape index (κ1) is 21.4. The molecule has 1 aliphatic heterocycles. The topological polar surface area (TPSA) is 65.1 Å². The summed E-state index contributed by atoms with van der Waals surface area (Å²) in [6, 6.07) is 9.23. The maximum absolute atomic E-state index is 12.7. The van der Waals surface area contributed by atoms with Crippen LogP contribution >= 0.6 is 0 Å². The van der Waals surface area contributed by atoms with E-state index < -0.39 is 5.97 Å². The van der Waals surface area contributed by atoms with Crippen LogP contribution in [-0.2, 0) is 14.3 Å². The molecule has 6 heteroatoms. The van der Waals surface area contributed by atoms with E-state index in [0.29, 0.717) is 17.9 Å². The van der Waals surface area contributed by atoms with Crippen LogP contribution in [0.4, 0.5) is 5.69 Å². The molecular weight excluding hydrogens is 382 g/mol. The van der Waals surface area contributed by atoms with E-state index in [9.17, 15) is 9.59 Å². The number of ether oxygens (including phenoxy) is 3. The molecule has 0 unspecified atom stereocenters. The summed E-state index contributed by atoms with van der Waals surface area (Å²) in [6.45, 7) is 11.7. The van der Waals surface area contributed by atoms with Crippen LogP contribution in [0, 0.1) is 20.8 Å². The minimum absolute atomic E-state index is 0.125. The summed E-state index contributed by atoms with van der Waals surface area (Å²) in [4.78, 5) is 26.0. The van der Waals surface area contributed by atoms with Gasteiger partial charge in [0.1, 0.15) is 11.5 Å². The monoisotopic (exact) mass is 409 g/mol. The molecular formula is C24H27NO5. The Bertz CT molecular complexity index is 1010. The highest BCUT2D eigenvalue weighted by Gasteiger charge is 2.43.